The van der Waals surface area contributed by atoms with Crippen LogP contribution in [0.2, 0.25) is 0 Å². The molecule has 1 saturated carbocycles. The lowest BCUT2D eigenvalue weighted by molar-refractivity contribution is 0.223. The normalized spacial score (nSPS) is 32.0. The van der Waals surface area contributed by atoms with Gasteiger partial charge < -0.3 is 10.2 Å². The van der Waals surface area contributed by atoms with E-state index in [1.54, 1.807) is 0 Å². The van der Waals surface area contributed by atoms with Gasteiger partial charge in [-0.3, -0.25) is 0 Å². The average Bonchev–Trinajstić information content (AvgIpc) is 2.27. The van der Waals surface area contributed by atoms with Gasteiger partial charge in [0.2, 0.25) is 0 Å². The zero-order valence-electron chi connectivity index (χ0n) is 8.64. The van der Waals surface area contributed by atoms with Crippen molar-refractivity contribution in [3.63, 3.8) is 0 Å². The molecular formula is C10H22N2. The van der Waals surface area contributed by atoms with E-state index in [2.05, 4.69) is 31.4 Å². The van der Waals surface area contributed by atoms with Gasteiger partial charge in [-0.15, -0.1) is 0 Å². The first-order chi connectivity index (χ1) is 5.75. The molecule has 0 aromatic carbocycles. The summed E-state index contributed by atoms with van der Waals surface area (Å²) in [5.41, 5.74) is 0. The minimum absolute atomic E-state index is 0.711. The van der Waals surface area contributed by atoms with E-state index in [4.69, 9.17) is 0 Å². The first kappa shape index (κ1) is 10.0. The van der Waals surface area contributed by atoms with Gasteiger partial charge in [-0.25, -0.2) is 0 Å². The second-order valence-corrected chi connectivity index (χ2v) is 4.06. The van der Waals surface area contributed by atoms with Crippen molar-refractivity contribution < 1.29 is 0 Å². The molecule has 2 heteroatoms. The van der Waals surface area contributed by atoms with Crippen LogP contribution in [0.1, 0.15) is 32.1 Å². The summed E-state index contributed by atoms with van der Waals surface area (Å²) in [5, 5.41) is 3.43. The first-order valence-electron chi connectivity index (χ1n) is 5.09. The van der Waals surface area contributed by atoms with Crippen molar-refractivity contribution in [1.29, 1.82) is 0 Å². The third-order valence-electron chi connectivity index (χ3n) is 3.01. The highest BCUT2D eigenvalue weighted by Gasteiger charge is 2.23. The first-order valence-corrected chi connectivity index (χ1v) is 5.09. The van der Waals surface area contributed by atoms with Crippen molar-refractivity contribution >= 4 is 0 Å². The minimum Gasteiger partial charge on any atom is -0.315 e. The van der Waals surface area contributed by atoms with Gasteiger partial charge in [0.15, 0.2) is 0 Å². The monoisotopic (exact) mass is 170 g/mol. The van der Waals surface area contributed by atoms with Crippen molar-refractivity contribution in [1.82, 2.24) is 10.2 Å². The van der Waals surface area contributed by atoms with E-state index in [0.29, 0.717) is 6.04 Å². The fourth-order valence-electron chi connectivity index (χ4n) is 2.24. The highest BCUT2D eigenvalue weighted by molar-refractivity contribution is 4.83. The SMILES string of the molecule is CN[C@@H]1CCCCC[C@H]1N(C)C. The third-order valence-corrected chi connectivity index (χ3v) is 3.01. The topological polar surface area (TPSA) is 15.3 Å². The standard InChI is InChI=1S/C10H22N2/c1-11-9-7-5-4-6-8-10(9)12(2)3/h9-11H,4-8H2,1-3H3/t9-,10-/m1/s1. The Morgan fingerprint density at radius 1 is 1.08 bits per heavy atom. The van der Waals surface area contributed by atoms with E-state index in [0.717, 1.165) is 6.04 Å². The Labute approximate surface area is 76.3 Å². The number of likely N-dealkylation sites (N-methyl/N-ethyl adjacent to an activating group) is 2. The van der Waals surface area contributed by atoms with E-state index >= 15 is 0 Å². The molecule has 0 saturated heterocycles. The maximum Gasteiger partial charge on any atom is 0.0243 e. The Morgan fingerprint density at radius 2 is 1.75 bits per heavy atom. The van der Waals surface area contributed by atoms with Crippen LogP contribution in [0.5, 0.6) is 0 Å². The van der Waals surface area contributed by atoms with E-state index in [-0.39, 0.29) is 0 Å². The fraction of sp³-hybridized carbons (Fsp3) is 1.00. The Morgan fingerprint density at radius 3 is 2.33 bits per heavy atom. The van der Waals surface area contributed by atoms with E-state index in [9.17, 15) is 0 Å². The van der Waals surface area contributed by atoms with Crippen molar-refractivity contribution in [3.8, 4) is 0 Å². The summed E-state index contributed by atoms with van der Waals surface area (Å²) >= 11 is 0. The molecule has 0 unspecified atom stereocenters. The maximum absolute atomic E-state index is 3.43. The lowest BCUT2D eigenvalue weighted by Gasteiger charge is -2.30. The van der Waals surface area contributed by atoms with Gasteiger partial charge in [-0.05, 0) is 34.0 Å². The molecule has 1 aliphatic carbocycles. The van der Waals surface area contributed by atoms with Crippen LogP contribution >= 0.6 is 0 Å². The molecule has 0 amide bonds. The van der Waals surface area contributed by atoms with Crippen LogP contribution in [-0.4, -0.2) is 38.1 Å². The zero-order valence-corrected chi connectivity index (χ0v) is 8.64. The lowest BCUT2D eigenvalue weighted by atomic mass is 10.0. The van der Waals surface area contributed by atoms with Crippen molar-refractivity contribution in [3.05, 3.63) is 0 Å². The Bertz CT molecular complexity index is 123. The highest BCUT2D eigenvalue weighted by Crippen LogP contribution is 2.20. The predicted molar refractivity (Wildman–Crippen MR) is 53.4 cm³/mol. The third kappa shape index (κ3) is 2.46. The lowest BCUT2D eigenvalue weighted by Crippen LogP contribution is -2.45. The molecule has 1 N–H and O–H groups in total. The van der Waals surface area contributed by atoms with Crippen LogP contribution in [0.3, 0.4) is 0 Å². The fourth-order valence-corrected chi connectivity index (χ4v) is 2.24. The molecule has 1 aliphatic rings. The highest BCUT2D eigenvalue weighted by atomic mass is 15.1. The Kier molecular flexibility index (Phi) is 4.02. The summed E-state index contributed by atoms with van der Waals surface area (Å²) in [6.07, 6.45) is 6.93. The molecule has 0 spiro atoms. The van der Waals surface area contributed by atoms with Gasteiger partial charge in [0.25, 0.3) is 0 Å². The molecule has 12 heavy (non-hydrogen) atoms. The molecule has 0 bridgehead atoms. The largest absolute Gasteiger partial charge is 0.315 e. The molecule has 0 radical (unpaired) electrons. The van der Waals surface area contributed by atoms with Crippen LogP contribution < -0.4 is 5.32 Å². The summed E-state index contributed by atoms with van der Waals surface area (Å²) in [5.74, 6) is 0. The maximum atomic E-state index is 3.43. The van der Waals surface area contributed by atoms with Gasteiger partial charge in [0.05, 0.1) is 0 Å². The molecule has 0 aliphatic heterocycles. The summed E-state index contributed by atoms with van der Waals surface area (Å²) in [6, 6.07) is 1.46. The average molecular weight is 170 g/mol. The molecule has 0 aromatic heterocycles. The predicted octanol–water partition coefficient (Wildman–Crippen LogP) is 1.47. The van der Waals surface area contributed by atoms with Crippen LogP contribution in [0.4, 0.5) is 0 Å². The van der Waals surface area contributed by atoms with Crippen molar-refractivity contribution in [2.24, 2.45) is 0 Å². The molecule has 2 atom stereocenters. The molecule has 72 valence electrons. The minimum atomic E-state index is 0.711. The summed E-state index contributed by atoms with van der Waals surface area (Å²) < 4.78 is 0. The quantitative estimate of drug-likeness (QED) is 0.631. The van der Waals surface area contributed by atoms with Gasteiger partial charge in [-0.2, -0.15) is 0 Å². The smallest absolute Gasteiger partial charge is 0.0243 e. The second-order valence-electron chi connectivity index (χ2n) is 4.06. The molecular weight excluding hydrogens is 148 g/mol. The molecule has 0 heterocycles. The number of nitrogens with one attached hydrogen (secondary N) is 1. The number of rotatable bonds is 2. The molecule has 0 aromatic rings. The van der Waals surface area contributed by atoms with E-state index in [1.165, 1.54) is 32.1 Å². The van der Waals surface area contributed by atoms with Crippen LogP contribution in [-0.2, 0) is 0 Å². The molecule has 1 fully saturated rings. The summed E-state index contributed by atoms with van der Waals surface area (Å²) in [6.45, 7) is 0. The van der Waals surface area contributed by atoms with Crippen molar-refractivity contribution in [2.45, 2.75) is 44.2 Å². The zero-order chi connectivity index (χ0) is 8.97. The second kappa shape index (κ2) is 4.83. The van der Waals surface area contributed by atoms with Gasteiger partial charge in [0, 0.05) is 12.1 Å². The molecule has 1 rings (SSSR count). The Hall–Kier alpha value is -0.0800. The Balaban J connectivity index is 2.51. The van der Waals surface area contributed by atoms with Crippen LogP contribution in [0.25, 0.3) is 0 Å². The van der Waals surface area contributed by atoms with E-state index in [1.807, 2.05) is 0 Å². The van der Waals surface area contributed by atoms with E-state index < -0.39 is 0 Å². The number of nitrogens with zero attached hydrogens (tertiary/aromatic N) is 1. The number of hydrogen-bond donors (Lipinski definition) is 1. The van der Waals surface area contributed by atoms with Crippen LogP contribution in [0, 0.1) is 0 Å². The molecule has 2 nitrogen and oxygen atoms in total. The van der Waals surface area contributed by atoms with Gasteiger partial charge in [0.1, 0.15) is 0 Å². The van der Waals surface area contributed by atoms with Gasteiger partial charge in [-0.1, -0.05) is 19.3 Å². The van der Waals surface area contributed by atoms with Crippen molar-refractivity contribution in [2.75, 3.05) is 21.1 Å². The number of hydrogen-bond acceptors (Lipinski definition) is 2. The van der Waals surface area contributed by atoms with Crippen LogP contribution in [0.15, 0.2) is 0 Å². The summed E-state index contributed by atoms with van der Waals surface area (Å²) in [4.78, 5) is 2.37. The van der Waals surface area contributed by atoms with Gasteiger partial charge >= 0.3 is 0 Å². The summed E-state index contributed by atoms with van der Waals surface area (Å²) in [7, 11) is 6.48.